The first kappa shape index (κ1) is 17.5. The smallest absolute Gasteiger partial charge is 0.132 e. The maximum atomic E-state index is 14.7. The van der Waals surface area contributed by atoms with E-state index in [-0.39, 0.29) is 5.82 Å². The predicted molar refractivity (Wildman–Crippen MR) is 99.5 cm³/mol. The molecule has 4 heteroatoms. The van der Waals surface area contributed by atoms with Gasteiger partial charge in [-0.15, -0.1) is 0 Å². The summed E-state index contributed by atoms with van der Waals surface area (Å²) in [6, 6.07) is 15.9. The van der Waals surface area contributed by atoms with Crippen LogP contribution in [0.25, 0.3) is 0 Å². The van der Waals surface area contributed by atoms with E-state index in [0.29, 0.717) is 42.8 Å². The average molecular weight is 355 g/mol. The molecular formula is C22H26FNO2. The van der Waals surface area contributed by atoms with Gasteiger partial charge in [-0.25, -0.2) is 4.39 Å². The van der Waals surface area contributed by atoms with E-state index in [4.69, 9.17) is 4.74 Å². The summed E-state index contributed by atoms with van der Waals surface area (Å²) in [4.78, 5) is 2.50. The fourth-order valence-corrected chi connectivity index (χ4v) is 4.72. The fourth-order valence-electron chi connectivity index (χ4n) is 4.72. The third kappa shape index (κ3) is 3.24. The van der Waals surface area contributed by atoms with Gasteiger partial charge >= 0.3 is 0 Å². The van der Waals surface area contributed by atoms with Crippen LogP contribution in [-0.2, 0) is 12.1 Å². The van der Waals surface area contributed by atoms with Crippen LogP contribution < -0.4 is 4.74 Å². The Morgan fingerprint density at radius 3 is 2.42 bits per heavy atom. The highest BCUT2D eigenvalue weighted by Gasteiger charge is 2.49. The molecule has 2 atom stereocenters. The van der Waals surface area contributed by atoms with Crippen LogP contribution in [0, 0.1) is 5.82 Å². The number of halogens is 1. The molecule has 2 aliphatic rings. The standard InChI is InChI=1S/C22H26FNO2/c1-2-26-19-10-11-20(21(23)12-19)22(25)13-17-8-9-18(14-22)24(17)15-16-6-4-3-5-7-16/h3-7,10-12,17-18,25H,2,8-9,13-15H2,1H3. The van der Waals surface area contributed by atoms with Crippen LogP contribution in [0.15, 0.2) is 48.5 Å². The molecule has 2 bridgehead atoms. The Hall–Kier alpha value is -1.91. The molecule has 1 N–H and O–H groups in total. The van der Waals surface area contributed by atoms with Gasteiger partial charge in [0.2, 0.25) is 0 Å². The molecule has 2 aromatic rings. The summed E-state index contributed by atoms with van der Waals surface area (Å²) in [7, 11) is 0. The number of fused-ring (bicyclic) bond motifs is 2. The normalized spacial score (nSPS) is 28.3. The monoisotopic (exact) mass is 355 g/mol. The summed E-state index contributed by atoms with van der Waals surface area (Å²) in [6.45, 7) is 3.28. The summed E-state index contributed by atoms with van der Waals surface area (Å²) in [6.07, 6.45) is 3.30. The van der Waals surface area contributed by atoms with Crippen LogP contribution in [0.5, 0.6) is 5.75 Å². The minimum absolute atomic E-state index is 0.296. The molecule has 2 unspecified atom stereocenters. The van der Waals surface area contributed by atoms with Crippen molar-refractivity contribution in [3.63, 3.8) is 0 Å². The van der Waals surface area contributed by atoms with Crippen molar-refractivity contribution in [1.29, 1.82) is 0 Å². The molecule has 0 spiro atoms. The van der Waals surface area contributed by atoms with Crippen LogP contribution in [0.4, 0.5) is 4.39 Å². The molecule has 0 aliphatic carbocycles. The molecule has 2 aromatic carbocycles. The SMILES string of the molecule is CCOc1ccc(C2(O)CC3CCC(C2)N3Cc2ccccc2)c(F)c1. The van der Waals surface area contributed by atoms with Gasteiger partial charge in [0, 0.05) is 30.3 Å². The molecule has 26 heavy (non-hydrogen) atoms. The van der Waals surface area contributed by atoms with E-state index < -0.39 is 5.60 Å². The topological polar surface area (TPSA) is 32.7 Å². The lowest BCUT2D eigenvalue weighted by Crippen LogP contribution is -2.49. The Balaban J connectivity index is 1.54. The van der Waals surface area contributed by atoms with Crippen molar-refractivity contribution in [2.45, 2.75) is 56.8 Å². The van der Waals surface area contributed by atoms with Crippen molar-refractivity contribution >= 4 is 0 Å². The van der Waals surface area contributed by atoms with Crippen LogP contribution in [0.3, 0.4) is 0 Å². The second-order valence-corrected chi connectivity index (χ2v) is 7.56. The molecule has 2 saturated heterocycles. The summed E-state index contributed by atoms with van der Waals surface area (Å²) >= 11 is 0. The second kappa shape index (κ2) is 7.01. The largest absolute Gasteiger partial charge is 0.494 e. The summed E-state index contributed by atoms with van der Waals surface area (Å²) < 4.78 is 20.0. The molecular weight excluding hydrogens is 329 g/mol. The van der Waals surface area contributed by atoms with Crippen LogP contribution >= 0.6 is 0 Å². The third-order valence-corrected chi connectivity index (χ3v) is 5.88. The van der Waals surface area contributed by atoms with Gasteiger partial charge < -0.3 is 9.84 Å². The van der Waals surface area contributed by atoms with E-state index in [1.54, 1.807) is 12.1 Å². The average Bonchev–Trinajstić information content (AvgIpc) is 2.87. The Morgan fingerprint density at radius 2 is 1.81 bits per heavy atom. The number of rotatable bonds is 5. The van der Waals surface area contributed by atoms with Crippen molar-refractivity contribution in [2.24, 2.45) is 0 Å². The van der Waals surface area contributed by atoms with Gasteiger partial charge in [-0.3, -0.25) is 4.90 Å². The van der Waals surface area contributed by atoms with Crippen molar-refractivity contribution < 1.29 is 14.2 Å². The summed E-state index contributed by atoms with van der Waals surface area (Å²) in [5.41, 5.74) is 0.618. The Morgan fingerprint density at radius 1 is 1.12 bits per heavy atom. The molecule has 3 nitrogen and oxygen atoms in total. The molecule has 0 saturated carbocycles. The highest BCUT2D eigenvalue weighted by molar-refractivity contribution is 5.34. The number of hydrogen-bond acceptors (Lipinski definition) is 3. The third-order valence-electron chi connectivity index (χ3n) is 5.88. The lowest BCUT2D eigenvalue weighted by molar-refractivity contribution is -0.0615. The Bertz CT molecular complexity index is 750. The second-order valence-electron chi connectivity index (χ2n) is 7.56. The molecule has 4 rings (SSSR count). The Labute approximate surface area is 154 Å². The number of piperidine rings is 1. The maximum absolute atomic E-state index is 14.7. The number of benzene rings is 2. The minimum Gasteiger partial charge on any atom is -0.494 e. The van der Waals surface area contributed by atoms with E-state index in [0.717, 1.165) is 19.4 Å². The highest BCUT2D eigenvalue weighted by Crippen LogP contribution is 2.47. The molecule has 2 fully saturated rings. The predicted octanol–water partition coefficient (Wildman–Crippen LogP) is 4.24. The van der Waals surface area contributed by atoms with Crippen LogP contribution in [0.1, 0.15) is 43.7 Å². The van der Waals surface area contributed by atoms with Gasteiger partial charge in [-0.2, -0.15) is 0 Å². The minimum atomic E-state index is -1.09. The zero-order valence-corrected chi connectivity index (χ0v) is 15.2. The van der Waals surface area contributed by atoms with Gasteiger partial charge in [0.25, 0.3) is 0 Å². The lowest BCUT2D eigenvalue weighted by atomic mass is 9.80. The van der Waals surface area contributed by atoms with E-state index in [9.17, 15) is 9.50 Å². The first-order chi connectivity index (χ1) is 12.6. The highest BCUT2D eigenvalue weighted by atomic mass is 19.1. The fraction of sp³-hybridized carbons (Fsp3) is 0.455. The number of aliphatic hydroxyl groups is 1. The Kier molecular flexibility index (Phi) is 4.72. The van der Waals surface area contributed by atoms with Crippen LogP contribution in [0.2, 0.25) is 0 Å². The zero-order chi connectivity index (χ0) is 18.1. The molecule has 2 aliphatic heterocycles. The van der Waals surface area contributed by atoms with Crippen LogP contribution in [-0.4, -0.2) is 28.7 Å². The first-order valence-corrected chi connectivity index (χ1v) is 9.54. The van der Waals surface area contributed by atoms with E-state index in [2.05, 4.69) is 29.2 Å². The van der Waals surface area contributed by atoms with Crippen molar-refractivity contribution in [3.05, 3.63) is 65.5 Å². The number of hydrogen-bond donors (Lipinski definition) is 1. The number of nitrogens with zero attached hydrogens (tertiary/aromatic N) is 1. The summed E-state index contributed by atoms with van der Waals surface area (Å²) in [5, 5.41) is 11.3. The van der Waals surface area contributed by atoms with Crippen molar-refractivity contribution in [1.82, 2.24) is 4.90 Å². The lowest BCUT2D eigenvalue weighted by Gasteiger charge is -2.44. The van der Waals surface area contributed by atoms with E-state index in [1.807, 2.05) is 13.0 Å². The van der Waals surface area contributed by atoms with Gasteiger partial charge in [0.1, 0.15) is 11.6 Å². The molecule has 2 heterocycles. The van der Waals surface area contributed by atoms with Gasteiger partial charge in [-0.05, 0) is 50.3 Å². The summed E-state index contributed by atoms with van der Waals surface area (Å²) in [5.74, 6) is 0.149. The number of ether oxygens (including phenoxy) is 1. The zero-order valence-electron chi connectivity index (χ0n) is 15.2. The van der Waals surface area contributed by atoms with E-state index in [1.165, 1.54) is 11.6 Å². The maximum Gasteiger partial charge on any atom is 0.132 e. The quantitative estimate of drug-likeness (QED) is 0.871. The van der Waals surface area contributed by atoms with E-state index >= 15 is 0 Å². The molecule has 0 radical (unpaired) electrons. The molecule has 0 aromatic heterocycles. The molecule has 138 valence electrons. The first-order valence-electron chi connectivity index (χ1n) is 9.54. The van der Waals surface area contributed by atoms with Gasteiger partial charge in [0.05, 0.1) is 12.2 Å². The van der Waals surface area contributed by atoms with Crippen molar-refractivity contribution in [2.75, 3.05) is 6.61 Å². The van der Waals surface area contributed by atoms with Gasteiger partial charge in [0.15, 0.2) is 0 Å². The van der Waals surface area contributed by atoms with Crippen molar-refractivity contribution in [3.8, 4) is 5.75 Å². The van der Waals surface area contributed by atoms with Gasteiger partial charge in [-0.1, -0.05) is 30.3 Å². The molecule has 0 amide bonds.